The number of carboxylic acids is 1. The molecule has 0 aliphatic carbocycles. The summed E-state index contributed by atoms with van der Waals surface area (Å²) in [5.74, 6) is -0.443. The number of fused-ring (bicyclic) bond motifs is 1. The number of carbonyl (C=O) groups is 1. The molecule has 1 N–H and O–H groups in total. The zero-order valence-corrected chi connectivity index (χ0v) is 10.5. The van der Waals surface area contributed by atoms with Crippen LogP contribution in [-0.4, -0.2) is 22.2 Å². The van der Waals surface area contributed by atoms with Gasteiger partial charge in [0, 0.05) is 0 Å². The van der Waals surface area contributed by atoms with Crippen molar-refractivity contribution in [2.24, 2.45) is 0 Å². The Morgan fingerprint density at radius 2 is 2.35 bits per heavy atom. The normalized spacial score (nSPS) is 12.6. The van der Waals surface area contributed by atoms with Crippen LogP contribution in [0.25, 0.3) is 10.2 Å². The molecular weight excluding hydrogens is 238 g/mol. The van der Waals surface area contributed by atoms with Gasteiger partial charge in [0.05, 0.1) is 9.71 Å². The van der Waals surface area contributed by atoms with E-state index < -0.39 is 12.1 Å². The average Bonchev–Trinajstić information content (AvgIpc) is 2.72. The molecule has 0 spiro atoms. The number of rotatable bonds is 4. The largest absolute Gasteiger partial charge is 0.479 e. The van der Waals surface area contributed by atoms with Crippen LogP contribution in [0, 0.1) is 0 Å². The summed E-state index contributed by atoms with van der Waals surface area (Å²) in [4.78, 5) is 15.2. The highest BCUT2D eigenvalue weighted by atomic mass is 32.1. The molecule has 4 nitrogen and oxygen atoms in total. The van der Waals surface area contributed by atoms with Gasteiger partial charge in [-0.1, -0.05) is 13.0 Å². The Morgan fingerprint density at radius 1 is 1.59 bits per heavy atom. The first kappa shape index (κ1) is 11.9. The number of thiazole rings is 1. The van der Waals surface area contributed by atoms with Gasteiger partial charge in [0.15, 0.2) is 6.10 Å². The minimum atomic E-state index is -0.979. The van der Waals surface area contributed by atoms with Crippen molar-refractivity contribution >= 4 is 27.5 Å². The maximum absolute atomic E-state index is 10.8. The van der Waals surface area contributed by atoms with E-state index in [9.17, 15) is 4.79 Å². The zero-order valence-electron chi connectivity index (χ0n) is 9.64. The third-order valence-corrected chi connectivity index (χ3v) is 3.55. The van der Waals surface area contributed by atoms with Gasteiger partial charge < -0.3 is 9.84 Å². The number of hydrogen-bond donors (Lipinski definition) is 1. The Balaban J connectivity index is 2.39. The van der Waals surface area contributed by atoms with E-state index in [1.807, 2.05) is 19.1 Å². The highest BCUT2D eigenvalue weighted by molar-refractivity contribution is 7.18. The van der Waals surface area contributed by atoms with E-state index in [1.165, 1.54) is 6.92 Å². The predicted octanol–water partition coefficient (Wildman–Crippen LogP) is 2.71. The molecule has 1 heterocycles. The van der Waals surface area contributed by atoms with Crippen LogP contribution in [0.2, 0.25) is 0 Å². The monoisotopic (exact) mass is 251 g/mol. The minimum absolute atomic E-state index is 0.536. The number of aryl methyl sites for hydroxylation is 1. The van der Waals surface area contributed by atoms with Crippen molar-refractivity contribution in [1.82, 2.24) is 4.98 Å². The number of nitrogens with zero attached hydrogens (tertiary/aromatic N) is 1. The van der Waals surface area contributed by atoms with E-state index in [0.717, 1.165) is 21.6 Å². The van der Waals surface area contributed by atoms with Crippen molar-refractivity contribution in [2.75, 3.05) is 0 Å². The van der Waals surface area contributed by atoms with E-state index in [0.29, 0.717) is 5.75 Å². The summed E-state index contributed by atoms with van der Waals surface area (Å²) in [5.41, 5.74) is 0.752. The van der Waals surface area contributed by atoms with Crippen molar-refractivity contribution in [3.8, 4) is 5.75 Å². The Morgan fingerprint density at radius 3 is 3.00 bits per heavy atom. The van der Waals surface area contributed by atoms with E-state index in [1.54, 1.807) is 17.4 Å². The molecule has 2 aromatic rings. The quantitative estimate of drug-likeness (QED) is 0.907. The number of benzene rings is 1. The Bertz CT molecular complexity index is 550. The summed E-state index contributed by atoms with van der Waals surface area (Å²) in [6, 6.07) is 5.56. The van der Waals surface area contributed by atoms with Gasteiger partial charge in [0.25, 0.3) is 0 Å². The molecule has 17 heavy (non-hydrogen) atoms. The summed E-state index contributed by atoms with van der Waals surface area (Å²) < 4.78 is 6.42. The molecule has 5 heteroatoms. The van der Waals surface area contributed by atoms with Gasteiger partial charge in [-0.05, 0) is 25.5 Å². The van der Waals surface area contributed by atoms with Gasteiger partial charge in [-0.25, -0.2) is 9.78 Å². The van der Waals surface area contributed by atoms with Gasteiger partial charge in [0.2, 0.25) is 0 Å². The molecule has 1 aromatic heterocycles. The summed E-state index contributed by atoms with van der Waals surface area (Å²) in [6.45, 7) is 3.55. The second-order valence-electron chi connectivity index (χ2n) is 3.66. The summed E-state index contributed by atoms with van der Waals surface area (Å²) >= 11 is 1.61. The average molecular weight is 251 g/mol. The fourth-order valence-electron chi connectivity index (χ4n) is 1.46. The molecule has 0 saturated heterocycles. The second kappa shape index (κ2) is 4.71. The summed E-state index contributed by atoms with van der Waals surface area (Å²) in [7, 11) is 0. The van der Waals surface area contributed by atoms with E-state index in [4.69, 9.17) is 9.84 Å². The van der Waals surface area contributed by atoms with Crippen LogP contribution in [-0.2, 0) is 11.2 Å². The Hall–Kier alpha value is -1.62. The third-order valence-electron chi connectivity index (χ3n) is 2.38. The first-order chi connectivity index (χ1) is 8.11. The van der Waals surface area contributed by atoms with E-state index >= 15 is 0 Å². The fraction of sp³-hybridized carbons (Fsp3) is 0.333. The molecule has 0 aliphatic heterocycles. The summed E-state index contributed by atoms with van der Waals surface area (Å²) in [6.07, 6.45) is 0.000154. The molecule has 0 saturated carbocycles. The van der Waals surface area contributed by atoms with Crippen LogP contribution < -0.4 is 4.74 Å². The summed E-state index contributed by atoms with van der Waals surface area (Å²) in [5, 5.41) is 9.85. The molecule has 1 aromatic carbocycles. The number of para-hydroxylation sites is 1. The first-order valence-electron chi connectivity index (χ1n) is 5.39. The zero-order chi connectivity index (χ0) is 12.4. The molecule has 1 atom stereocenters. The molecule has 0 bridgehead atoms. The lowest BCUT2D eigenvalue weighted by molar-refractivity contribution is -0.144. The van der Waals surface area contributed by atoms with Crippen molar-refractivity contribution < 1.29 is 14.6 Å². The van der Waals surface area contributed by atoms with Crippen molar-refractivity contribution in [2.45, 2.75) is 26.4 Å². The topological polar surface area (TPSA) is 59.4 Å². The fourth-order valence-corrected chi connectivity index (χ4v) is 2.38. The molecule has 0 fully saturated rings. The molecular formula is C12H13NO3S. The number of ether oxygens (including phenoxy) is 1. The van der Waals surface area contributed by atoms with Crippen LogP contribution in [0.3, 0.4) is 0 Å². The van der Waals surface area contributed by atoms with Gasteiger partial charge in [0.1, 0.15) is 11.3 Å². The van der Waals surface area contributed by atoms with Crippen molar-refractivity contribution in [1.29, 1.82) is 0 Å². The Kier molecular flexibility index (Phi) is 3.28. The predicted molar refractivity (Wildman–Crippen MR) is 66.7 cm³/mol. The minimum Gasteiger partial charge on any atom is -0.479 e. The SMILES string of the molecule is CCc1nc2c(OC(C)C(=O)O)cccc2s1. The van der Waals surface area contributed by atoms with Crippen LogP contribution in [0.1, 0.15) is 18.9 Å². The maximum atomic E-state index is 10.8. The van der Waals surface area contributed by atoms with Gasteiger partial charge in [-0.3, -0.25) is 0 Å². The molecule has 90 valence electrons. The number of aromatic nitrogens is 1. The molecule has 2 rings (SSSR count). The van der Waals surface area contributed by atoms with Gasteiger partial charge in [-0.2, -0.15) is 0 Å². The number of aliphatic carboxylic acids is 1. The lowest BCUT2D eigenvalue weighted by Crippen LogP contribution is -2.22. The number of hydrogen-bond acceptors (Lipinski definition) is 4. The van der Waals surface area contributed by atoms with Crippen LogP contribution in [0.4, 0.5) is 0 Å². The molecule has 0 radical (unpaired) electrons. The highest BCUT2D eigenvalue weighted by Gasteiger charge is 2.15. The lowest BCUT2D eigenvalue weighted by atomic mass is 10.3. The van der Waals surface area contributed by atoms with Gasteiger partial charge in [-0.15, -0.1) is 11.3 Å². The van der Waals surface area contributed by atoms with E-state index in [-0.39, 0.29) is 0 Å². The standard InChI is InChI=1S/C12H13NO3S/c1-3-10-13-11-8(16-7(2)12(14)15)5-4-6-9(11)17-10/h4-7H,3H2,1-2H3,(H,14,15). The highest BCUT2D eigenvalue weighted by Crippen LogP contribution is 2.30. The smallest absolute Gasteiger partial charge is 0.344 e. The lowest BCUT2D eigenvalue weighted by Gasteiger charge is -2.10. The Labute approximate surface area is 103 Å². The van der Waals surface area contributed by atoms with E-state index in [2.05, 4.69) is 4.98 Å². The van der Waals surface area contributed by atoms with Crippen LogP contribution in [0.15, 0.2) is 18.2 Å². The van der Waals surface area contributed by atoms with Crippen molar-refractivity contribution in [3.63, 3.8) is 0 Å². The van der Waals surface area contributed by atoms with Crippen molar-refractivity contribution in [3.05, 3.63) is 23.2 Å². The van der Waals surface area contributed by atoms with Crippen LogP contribution >= 0.6 is 11.3 Å². The second-order valence-corrected chi connectivity index (χ2v) is 4.78. The van der Waals surface area contributed by atoms with Gasteiger partial charge >= 0.3 is 5.97 Å². The molecule has 1 unspecified atom stereocenters. The molecule has 0 amide bonds. The van der Waals surface area contributed by atoms with Crippen LogP contribution in [0.5, 0.6) is 5.75 Å². The molecule has 0 aliphatic rings. The maximum Gasteiger partial charge on any atom is 0.344 e. The first-order valence-corrected chi connectivity index (χ1v) is 6.21. The number of carboxylic acid groups (broad SMARTS) is 1. The third kappa shape index (κ3) is 2.39.